The first-order valence-electron chi connectivity index (χ1n) is 13.0. The first-order chi connectivity index (χ1) is 17.4. The van der Waals surface area contributed by atoms with Gasteiger partial charge in [0.2, 0.25) is 0 Å². The number of carbonyl (C=O) groups excluding carboxylic acids is 2. The molecule has 0 radical (unpaired) electrons. The number of esters is 1. The molecule has 36 heavy (non-hydrogen) atoms. The topological polar surface area (TPSA) is 77.5 Å². The SMILES string of the molecule is CCOC(=O)N[C@H]1CC[C@@H]2[C@@H](C1)C[C@@H]1C(=O)O[C@@H](C)[C@@H]1[C@@H]2C=Cc1ccc(-c2cccc(F)c2)cn1. The van der Waals surface area contributed by atoms with E-state index in [-0.39, 0.29) is 47.8 Å². The lowest BCUT2D eigenvalue weighted by Gasteiger charge is -2.47. The van der Waals surface area contributed by atoms with Crippen molar-refractivity contribution in [2.24, 2.45) is 29.6 Å². The molecular weight excluding hydrogens is 459 g/mol. The number of nitrogens with zero attached hydrogens (tertiary/aromatic N) is 1. The second-order valence-electron chi connectivity index (χ2n) is 10.3. The van der Waals surface area contributed by atoms with E-state index in [0.717, 1.165) is 42.5 Å². The smallest absolute Gasteiger partial charge is 0.407 e. The van der Waals surface area contributed by atoms with Crippen molar-refractivity contribution < 1.29 is 23.5 Å². The Labute approximate surface area is 211 Å². The van der Waals surface area contributed by atoms with E-state index in [9.17, 15) is 14.0 Å². The van der Waals surface area contributed by atoms with Gasteiger partial charge in [0.25, 0.3) is 0 Å². The first kappa shape index (κ1) is 24.5. The molecule has 1 aromatic heterocycles. The molecule has 2 heterocycles. The minimum absolute atomic E-state index is 0.0679. The second-order valence-corrected chi connectivity index (χ2v) is 10.3. The molecule has 1 aliphatic heterocycles. The predicted octanol–water partition coefficient (Wildman–Crippen LogP) is 5.63. The van der Waals surface area contributed by atoms with Crippen LogP contribution in [-0.4, -0.2) is 35.8 Å². The van der Waals surface area contributed by atoms with Gasteiger partial charge in [-0.15, -0.1) is 0 Å². The van der Waals surface area contributed by atoms with Gasteiger partial charge in [-0.05, 0) is 87.1 Å². The number of amides is 1. The maximum absolute atomic E-state index is 13.6. The van der Waals surface area contributed by atoms with Crippen LogP contribution in [0.1, 0.15) is 45.2 Å². The summed E-state index contributed by atoms with van der Waals surface area (Å²) in [6.45, 7) is 4.15. The molecule has 1 N–H and O–H groups in total. The molecule has 5 rings (SSSR count). The summed E-state index contributed by atoms with van der Waals surface area (Å²) in [5, 5.41) is 3.00. The molecule has 2 aliphatic carbocycles. The molecule has 0 bridgehead atoms. The van der Waals surface area contributed by atoms with E-state index in [1.165, 1.54) is 12.1 Å². The van der Waals surface area contributed by atoms with Gasteiger partial charge in [-0.1, -0.05) is 24.3 Å². The summed E-state index contributed by atoms with van der Waals surface area (Å²) in [5.41, 5.74) is 2.48. The number of fused-ring (bicyclic) bond motifs is 2. The fourth-order valence-electron chi connectivity index (χ4n) is 6.64. The average Bonchev–Trinajstić information content (AvgIpc) is 3.15. The highest BCUT2D eigenvalue weighted by molar-refractivity contribution is 5.75. The summed E-state index contributed by atoms with van der Waals surface area (Å²) < 4.78 is 24.3. The monoisotopic (exact) mass is 492 g/mol. The molecule has 0 spiro atoms. The molecule has 1 aromatic carbocycles. The van der Waals surface area contributed by atoms with E-state index in [1.54, 1.807) is 19.2 Å². The van der Waals surface area contributed by atoms with Crippen molar-refractivity contribution in [2.75, 3.05) is 6.61 Å². The van der Waals surface area contributed by atoms with Crippen molar-refractivity contribution in [1.29, 1.82) is 0 Å². The number of hydrogen-bond acceptors (Lipinski definition) is 5. The third-order valence-corrected chi connectivity index (χ3v) is 8.18. The van der Waals surface area contributed by atoms with E-state index in [4.69, 9.17) is 9.47 Å². The molecule has 1 saturated heterocycles. The van der Waals surface area contributed by atoms with Gasteiger partial charge in [0.05, 0.1) is 18.2 Å². The second kappa shape index (κ2) is 10.4. The number of cyclic esters (lactones) is 1. The molecule has 0 unspecified atom stereocenters. The fraction of sp³-hybridized carbons (Fsp3) is 0.483. The van der Waals surface area contributed by atoms with Crippen molar-refractivity contribution in [1.82, 2.24) is 10.3 Å². The van der Waals surface area contributed by atoms with Crippen LogP contribution in [0.3, 0.4) is 0 Å². The molecule has 7 atom stereocenters. The van der Waals surface area contributed by atoms with E-state index in [0.29, 0.717) is 18.4 Å². The molecule has 3 aliphatic rings. The Morgan fingerprint density at radius 1 is 1.22 bits per heavy atom. The number of allylic oxidation sites excluding steroid dienone is 1. The number of aromatic nitrogens is 1. The molecule has 7 heteroatoms. The number of ether oxygens (including phenoxy) is 2. The van der Waals surface area contributed by atoms with Crippen molar-refractivity contribution in [3.63, 3.8) is 0 Å². The number of halogens is 1. The van der Waals surface area contributed by atoms with Crippen LogP contribution in [0.15, 0.2) is 48.7 Å². The number of carbonyl (C=O) groups is 2. The largest absolute Gasteiger partial charge is 0.462 e. The lowest BCUT2D eigenvalue weighted by atomic mass is 9.57. The molecule has 3 fully saturated rings. The maximum atomic E-state index is 13.6. The summed E-state index contributed by atoms with van der Waals surface area (Å²) in [6.07, 6.45) is 9.07. The van der Waals surface area contributed by atoms with Crippen LogP contribution in [0.25, 0.3) is 17.2 Å². The van der Waals surface area contributed by atoms with Crippen LogP contribution in [0.4, 0.5) is 9.18 Å². The summed E-state index contributed by atoms with van der Waals surface area (Å²) >= 11 is 0. The van der Waals surface area contributed by atoms with Crippen molar-refractivity contribution >= 4 is 18.1 Å². The Morgan fingerprint density at radius 2 is 2.08 bits per heavy atom. The normalized spacial score (nSPS) is 31.4. The molecule has 2 aromatic rings. The summed E-state index contributed by atoms with van der Waals surface area (Å²) in [4.78, 5) is 29.2. The Bertz CT molecular complexity index is 1130. The summed E-state index contributed by atoms with van der Waals surface area (Å²) in [6, 6.07) is 10.4. The van der Waals surface area contributed by atoms with Gasteiger partial charge in [-0.2, -0.15) is 0 Å². The zero-order chi connectivity index (χ0) is 25.2. The van der Waals surface area contributed by atoms with E-state index < -0.39 is 0 Å². The molecule has 190 valence electrons. The van der Waals surface area contributed by atoms with Gasteiger partial charge in [-0.3, -0.25) is 9.78 Å². The summed E-state index contributed by atoms with van der Waals surface area (Å²) in [5.74, 6) is 0.629. The van der Waals surface area contributed by atoms with Crippen LogP contribution in [-0.2, 0) is 14.3 Å². The van der Waals surface area contributed by atoms with E-state index >= 15 is 0 Å². The molecule has 1 amide bonds. The number of hydrogen-bond donors (Lipinski definition) is 1. The quantitative estimate of drug-likeness (QED) is 0.548. The molecule has 2 saturated carbocycles. The maximum Gasteiger partial charge on any atom is 0.407 e. The minimum Gasteiger partial charge on any atom is -0.462 e. The Morgan fingerprint density at radius 3 is 2.83 bits per heavy atom. The van der Waals surface area contributed by atoms with Crippen molar-refractivity contribution in [3.8, 4) is 11.1 Å². The Hall–Kier alpha value is -3.22. The highest BCUT2D eigenvalue weighted by atomic mass is 19.1. The predicted molar refractivity (Wildman–Crippen MR) is 134 cm³/mol. The van der Waals surface area contributed by atoms with Gasteiger partial charge in [0.15, 0.2) is 0 Å². The fourth-order valence-corrected chi connectivity index (χ4v) is 6.64. The van der Waals surface area contributed by atoms with Gasteiger partial charge >= 0.3 is 12.1 Å². The zero-order valence-corrected chi connectivity index (χ0v) is 20.7. The molecular formula is C29H33FN2O4. The van der Waals surface area contributed by atoms with Gasteiger partial charge in [-0.25, -0.2) is 9.18 Å². The number of pyridine rings is 1. The van der Waals surface area contributed by atoms with Crippen LogP contribution >= 0.6 is 0 Å². The Balaban J connectivity index is 1.34. The van der Waals surface area contributed by atoms with Crippen molar-refractivity contribution in [3.05, 3.63) is 60.2 Å². The Kier molecular flexibility index (Phi) is 7.08. The minimum atomic E-state index is -0.368. The van der Waals surface area contributed by atoms with Crippen LogP contribution in [0.2, 0.25) is 0 Å². The highest BCUT2D eigenvalue weighted by Gasteiger charge is 2.54. The third kappa shape index (κ3) is 5.01. The van der Waals surface area contributed by atoms with E-state index in [2.05, 4.69) is 16.4 Å². The van der Waals surface area contributed by atoms with Crippen LogP contribution in [0.5, 0.6) is 0 Å². The lowest BCUT2D eigenvalue weighted by Crippen LogP contribution is -2.48. The number of alkyl carbamates (subject to hydrolysis) is 1. The average molecular weight is 493 g/mol. The molecule has 6 nitrogen and oxygen atoms in total. The number of nitrogens with one attached hydrogen (secondary N) is 1. The van der Waals surface area contributed by atoms with Gasteiger partial charge in [0.1, 0.15) is 11.9 Å². The lowest BCUT2D eigenvalue weighted by molar-refractivity contribution is -0.144. The summed E-state index contributed by atoms with van der Waals surface area (Å²) in [7, 11) is 0. The standard InChI is InChI=1S/C29H33FN2O4/c1-3-35-29(34)32-23-10-11-24-20(14-23)15-26-27(17(2)36-28(26)33)25(24)12-9-22-8-7-19(16-31-22)18-5-4-6-21(30)13-18/h4-9,12-13,16-17,20,23-27H,3,10-11,14-15H2,1-2H3,(H,32,34)/t17-,20-,23-,24+,25+,26-,27+/m0/s1. The van der Waals surface area contributed by atoms with Crippen LogP contribution < -0.4 is 5.32 Å². The highest BCUT2D eigenvalue weighted by Crippen LogP contribution is 2.53. The zero-order valence-electron chi connectivity index (χ0n) is 20.7. The van der Waals surface area contributed by atoms with E-state index in [1.807, 2.05) is 31.2 Å². The number of benzene rings is 1. The van der Waals surface area contributed by atoms with Gasteiger partial charge in [0, 0.05) is 23.7 Å². The number of rotatable bonds is 5. The third-order valence-electron chi connectivity index (χ3n) is 8.18. The van der Waals surface area contributed by atoms with Crippen LogP contribution in [0, 0.1) is 35.4 Å². The van der Waals surface area contributed by atoms with Gasteiger partial charge < -0.3 is 14.8 Å². The van der Waals surface area contributed by atoms with Crippen molar-refractivity contribution in [2.45, 2.75) is 51.7 Å². The first-order valence-corrected chi connectivity index (χ1v) is 13.0.